The van der Waals surface area contributed by atoms with E-state index >= 15 is 0 Å². The van der Waals surface area contributed by atoms with E-state index in [4.69, 9.17) is 0 Å². The van der Waals surface area contributed by atoms with Crippen molar-refractivity contribution in [3.63, 3.8) is 0 Å². The average molecular weight is 285 g/mol. The molecule has 4 atom stereocenters. The summed E-state index contributed by atoms with van der Waals surface area (Å²) in [7, 11) is 0. The summed E-state index contributed by atoms with van der Waals surface area (Å²) in [5, 5.41) is 3.77. The molecule has 0 aromatic heterocycles. The van der Waals surface area contributed by atoms with E-state index in [0.29, 0.717) is 0 Å². The number of hydrogen-bond donors (Lipinski definition) is 1. The molecule has 0 saturated heterocycles. The van der Waals surface area contributed by atoms with Crippen molar-refractivity contribution in [3.8, 4) is 0 Å². The molecule has 1 N–H and O–H groups in total. The Kier molecular flexibility index (Phi) is 5.00. The number of fused-ring (bicyclic) bond motifs is 1. The summed E-state index contributed by atoms with van der Waals surface area (Å²) in [6, 6.07) is 9.97. The van der Waals surface area contributed by atoms with Gasteiger partial charge < -0.3 is 5.32 Å². The summed E-state index contributed by atoms with van der Waals surface area (Å²) in [5.41, 5.74) is 3.29. The Morgan fingerprint density at radius 2 is 2.00 bits per heavy atom. The summed E-state index contributed by atoms with van der Waals surface area (Å²) in [4.78, 5) is 0. The van der Waals surface area contributed by atoms with Crippen LogP contribution >= 0.6 is 0 Å². The van der Waals surface area contributed by atoms with Gasteiger partial charge in [-0.3, -0.25) is 0 Å². The van der Waals surface area contributed by atoms with Crippen molar-refractivity contribution in [3.05, 3.63) is 35.4 Å². The van der Waals surface area contributed by atoms with E-state index in [1.54, 1.807) is 11.1 Å². The van der Waals surface area contributed by atoms with Crippen LogP contribution in [0.2, 0.25) is 0 Å². The maximum atomic E-state index is 3.77. The zero-order chi connectivity index (χ0) is 14.7. The highest BCUT2D eigenvalue weighted by Gasteiger charge is 2.34. The Morgan fingerprint density at radius 3 is 2.86 bits per heavy atom. The van der Waals surface area contributed by atoms with Gasteiger partial charge in [-0.25, -0.2) is 0 Å². The second-order valence-corrected chi connectivity index (χ2v) is 7.28. The van der Waals surface area contributed by atoms with Crippen LogP contribution in [0, 0.1) is 11.8 Å². The first-order valence-corrected chi connectivity index (χ1v) is 9.10. The fraction of sp³-hybridized carbons (Fsp3) is 0.700. The van der Waals surface area contributed by atoms with Gasteiger partial charge in [0.1, 0.15) is 0 Å². The van der Waals surface area contributed by atoms with Crippen LogP contribution in [0.1, 0.15) is 69.4 Å². The molecule has 0 heterocycles. The Morgan fingerprint density at radius 1 is 1.14 bits per heavy atom. The molecule has 116 valence electrons. The molecule has 0 spiro atoms. The van der Waals surface area contributed by atoms with Gasteiger partial charge in [0.25, 0.3) is 0 Å². The quantitative estimate of drug-likeness (QED) is 0.810. The molecule has 1 fully saturated rings. The van der Waals surface area contributed by atoms with Gasteiger partial charge in [-0.1, -0.05) is 38.1 Å². The lowest BCUT2D eigenvalue weighted by molar-refractivity contribution is 0.309. The van der Waals surface area contributed by atoms with Crippen molar-refractivity contribution in [2.24, 2.45) is 11.8 Å². The number of benzene rings is 1. The molecule has 2 aliphatic rings. The van der Waals surface area contributed by atoms with Crippen LogP contribution in [0.25, 0.3) is 0 Å². The third kappa shape index (κ3) is 3.34. The zero-order valence-corrected chi connectivity index (χ0v) is 13.8. The molecule has 4 unspecified atom stereocenters. The highest BCUT2D eigenvalue weighted by Crippen LogP contribution is 2.42. The van der Waals surface area contributed by atoms with Crippen LogP contribution in [0.5, 0.6) is 0 Å². The van der Waals surface area contributed by atoms with E-state index in [-0.39, 0.29) is 0 Å². The van der Waals surface area contributed by atoms with E-state index < -0.39 is 0 Å². The smallest absolute Gasteiger partial charge is 0.00954 e. The second-order valence-electron chi connectivity index (χ2n) is 7.28. The minimum Gasteiger partial charge on any atom is -0.314 e. The van der Waals surface area contributed by atoms with Crippen LogP contribution in [0.15, 0.2) is 24.3 Å². The molecule has 2 aliphatic carbocycles. The monoisotopic (exact) mass is 285 g/mol. The predicted molar refractivity (Wildman–Crippen MR) is 90.7 cm³/mol. The van der Waals surface area contributed by atoms with E-state index in [1.807, 2.05) is 0 Å². The first-order chi connectivity index (χ1) is 10.3. The van der Waals surface area contributed by atoms with E-state index in [1.165, 1.54) is 51.5 Å². The maximum absolute atomic E-state index is 3.77. The van der Waals surface area contributed by atoms with E-state index in [9.17, 15) is 0 Å². The fourth-order valence-electron chi connectivity index (χ4n) is 4.66. The van der Waals surface area contributed by atoms with Crippen LogP contribution in [0.3, 0.4) is 0 Å². The average Bonchev–Trinajstić information content (AvgIpc) is 2.86. The first kappa shape index (κ1) is 15.1. The van der Waals surface area contributed by atoms with Gasteiger partial charge in [0.15, 0.2) is 0 Å². The number of aryl methyl sites for hydroxylation is 1. The fourth-order valence-corrected chi connectivity index (χ4v) is 4.66. The maximum Gasteiger partial charge on any atom is 0.00954 e. The van der Waals surface area contributed by atoms with Crippen LogP contribution in [-0.2, 0) is 6.42 Å². The van der Waals surface area contributed by atoms with Crippen molar-refractivity contribution in [2.75, 3.05) is 6.54 Å². The lowest BCUT2D eigenvalue weighted by atomic mass is 9.76. The molecule has 0 aliphatic heterocycles. The van der Waals surface area contributed by atoms with Gasteiger partial charge in [-0.15, -0.1) is 0 Å². The minimum absolute atomic E-state index is 0.772. The number of nitrogens with one attached hydrogen (secondary N) is 1. The Hall–Kier alpha value is -0.820. The van der Waals surface area contributed by atoms with Gasteiger partial charge in [0.2, 0.25) is 0 Å². The van der Waals surface area contributed by atoms with Crippen molar-refractivity contribution in [1.82, 2.24) is 5.32 Å². The number of hydrogen-bond acceptors (Lipinski definition) is 1. The molecule has 3 rings (SSSR count). The van der Waals surface area contributed by atoms with Crippen LogP contribution < -0.4 is 5.32 Å². The topological polar surface area (TPSA) is 12.0 Å². The summed E-state index contributed by atoms with van der Waals surface area (Å²) < 4.78 is 0. The van der Waals surface area contributed by atoms with Gasteiger partial charge in [0.05, 0.1) is 0 Å². The summed E-state index contributed by atoms with van der Waals surface area (Å²) >= 11 is 0. The lowest BCUT2D eigenvalue weighted by Gasteiger charge is -2.30. The minimum atomic E-state index is 0.772. The molecule has 1 aromatic carbocycles. The standard InChI is InChI=1S/C20H31N/c1-3-13-21-20-12-11-17(15(20)2)14-18-9-6-8-16-7-4-5-10-19(16)18/h4-5,7,10,15,17-18,20-21H,3,6,8-9,11-14H2,1-2H3. The molecule has 21 heavy (non-hydrogen) atoms. The molecule has 1 aromatic rings. The molecule has 1 heteroatoms. The second kappa shape index (κ2) is 6.96. The molecular formula is C20H31N. The number of rotatable bonds is 5. The molecule has 1 saturated carbocycles. The summed E-state index contributed by atoms with van der Waals surface area (Å²) in [6.45, 7) is 5.94. The first-order valence-electron chi connectivity index (χ1n) is 9.10. The molecule has 0 bridgehead atoms. The molecule has 1 nitrogen and oxygen atoms in total. The SMILES string of the molecule is CCCNC1CCC(CC2CCCc3ccccc32)C1C. The molecule has 0 amide bonds. The summed E-state index contributed by atoms with van der Waals surface area (Å²) in [6.07, 6.45) is 9.59. The van der Waals surface area contributed by atoms with Gasteiger partial charge in [0, 0.05) is 6.04 Å². The van der Waals surface area contributed by atoms with Crippen LogP contribution in [0.4, 0.5) is 0 Å². The van der Waals surface area contributed by atoms with Crippen molar-refractivity contribution < 1.29 is 0 Å². The Balaban J connectivity index is 1.63. The Bertz CT molecular complexity index is 453. The van der Waals surface area contributed by atoms with Gasteiger partial charge in [-0.2, -0.15) is 0 Å². The highest BCUT2D eigenvalue weighted by molar-refractivity contribution is 5.32. The van der Waals surface area contributed by atoms with Crippen LogP contribution in [-0.4, -0.2) is 12.6 Å². The summed E-state index contributed by atoms with van der Waals surface area (Å²) in [5.74, 6) is 2.61. The van der Waals surface area contributed by atoms with Crippen molar-refractivity contribution >= 4 is 0 Å². The lowest BCUT2D eigenvalue weighted by Crippen LogP contribution is -2.33. The van der Waals surface area contributed by atoms with Crippen molar-refractivity contribution in [2.45, 2.75) is 70.8 Å². The van der Waals surface area contributed by atoms with Crippen molar-refractivity contribution in [1.29, 1.82) is 0 Å². The molecule has 0 radical (unpaired) electrons. The van der Waals surface area contributed by atoms with Gasteiger partial charge in [-0.05, 0) is 80.4 Å². The van der Waals surface area contributed by atoms with E-state index in [0.717, 1.165) is 23.8 Å². The highest BCUT2D eigenvalue weighted by atomic mass is 14.9. The Labute approximate surface area is 130 Å². The molecular weight excluding hydrogens is 254 g/mol. The largest absolute Gasteiger partial charge is 0.314 e. The third-order valence-electron chi connectivity index (χ3n) is 5.96. The van der Waals surface area contributed by atoms with Gasteiger partial charge >= 0.3 is 0 Å². The predicted octanol–water partition coefficient (Wildman–Crippen LogP) is 4.91. The normalized spacial score (nSPS) is 32.1. The van der Waals surface area contributed by atoms with E-state index in [2.05, 4.69) is 43.4 Å². The third-order valence-corrected chi connectivity index (χ3v) is 5.96. The zero-order valence-electron chi connectivity index (χ0n) is 13.8.